The van der Waals surface area contributed by atoms with Crippen LogP contribution in [0.25, 0.3) is 0 Å². The van der Waals surface area contributed by atoms with Crippen molar-refractivity contribution < 1.29 is 23.5 Å². The van der Waals surface area contributed by atoms with E-state index in [-0.39, 0.29) is 30.1 Å². The minimum atomic E-state index is -0.479. The monoisotopic (exact) mass is 445 g/mol. The Morgan fingerprint density at radius 2 is 1.71 bits per heavy atom. The maximum atomic E-state index is 13.1. The standard InChI is InChI=1S/C22H24ClN3O5/c23-16-5-7-17(8-6-16)31-15-20(27)24-10-12-25(13-11-24)21(28)18-3-1-9-26(18)22(29)19-4-2-14-30-19/h2,4-8,14,18H,1,3,9-13,15H2/t18-/m0/s1. The van der Waals surface area contributed by atoms with E-state index in [2.05, 4.69) is 0 Å². The fraction of sp³-hybridized carbons (Fsp3) is 0.409. The van der Waals surface area contributed by atoms with E-state index < -0.39 is 6.04 Å². The summed E-state index contributed by atoms with van der Waals surface area (Å²) < 4.78 is 10.7. The van der Waals surface area contributed by atoms with Crippen LogP contribution >= 0.6 is 11.6 Å². The molecule has 9 heteroatoms. The molecule has 0 spiro atoms. The predicted octanol–water partition coefficient (Wildman–Crippen LogP) is 2.29. The molecule has 2 aliphatic heterocycles. The van der Waals surface area contributed by atoms with Crippen molar-refractivity contribution in [2.45, 2.75) is 18.9 Å². The Hall–Kier alpha value is -3.00. The zero-order valence-corrected chi connectivity index (χ0v) is 17.8. The molecule has 3 amide bonds. The maximum absolute atomic E-state index is 13.1. The van der Waals surface area contributed by atoms with Gasteiger partial charge in [0, 0.05) is 37.7 Å². The molecule has 0 saturated carbocycles. The molecule has 0 unspecified atom stereocenters. The van der Waals surface area contributed by atoms with Crippen LogP contribution in [0.4, 0.5) is 0 Å². The molecule has 8 nitrogen and oxygen atoms in total. The van der Waals surface area contributed by atoms with Crippen LogP contribution in [0.3, 0.4) is 0 Å². The van der Waals surface area contributed by atoms with Crippen molar-refractivity contribution in [1.29, 1.82) is 0 Å². The Morgan fingerprint density at radius 3 is 2.39 bits per heavy atom. The van der Waals surface area contributed by atoms with Gasteiger partial charge in [0.15, 0.2) is 12.4 Å². The van der Waals surface area contributed by atoms with Gasteiger partial charge < -0.3 is 23.9 Å². The number of halogens is 1. The number of amides is 3. The number of ether oxygens (including phenoxy) is 1. The number of benzene rings is 1. The van der Waals surface area contributed by atoms with Crippen molar-refractivity contribution in [3.8, 4) is 5.75 Å². The van der Waals surface area contributed by atoms with Crippen molar-refractivity contribution >= 4 is 29.3 Å². The molecule has 1 atom stereocenters. The van der Waals surface area contributed by atoms with E-state index in [4.69, 9.17) is 20.8 Å². The summed E-state index contributed by atoms with van der Waals surface area (Å²) in [4.78, 5) is 43.2. The maximum Gasteiger partial charge on any atom is 0.290 e. The van der Waals surface area contributed by atoms with E-state index in [0.29, 0.717) is 49.9 Å². The summed E-state index contributed by atoms with van der Waals surface area (Å²) in [6.07, 6.45) is 2.87. The molecule has 0 radical (unpaired) electrons. The van der Waals surface area contributed by atoms with Crippen LogP contribution in [0.15, 0.2) is 47.1 Å². The summed E-state index contributed by atoms with van der Waals surface area (Å²) in [6.45, 7) is 2.22. The van der Waals surface area contributed by atoms with Gasteiger partial charge in [-0.2, -0.15) is 0 Å². The van der Waals surface area contributed by atoms with Gasteiger partial charge in [-0.3, -0.25) is 14.4 Å². The largest absolute Gasteiger partial charge is 0.484 e. The van der Waals surface area contributed by atoms with Gasteiger partial charge in [0.25, 0.3) is 11.8 Å². The van der Waals surface area contributed by atoms with Crippen molar-refractivity contribution in [3.05, 3.63) is 53.4 Å². The summed E-state index contributed by atoms with van der Waals surface area (Å²) in [5.41, 5.74) is 0. The summed E-state index contributed by atoms with van der Waals surface area (Å²) in [7, 11) is 0. The Labute approximate surface area is 185 Å². The Morgan fingerprint density at radius 1 is 1.00 bits per heavy atom. The van der Waals surface area contributed by atoms with Crippen molar-refractivity contribution in [3.63, 3.8) is 0 Å². The van der Waals surface area contributed by atoms with Crippen LogP contribution < -0.4 is 4.74 Å². The van der Waals surface area contributed by atoms with E-state index in [1.165, 1.54) is 6.26 Å². The third-order valence-electron chi connectivity index (χ3n) is 5.65. The fourth-order valence-electron chi connectivity index (χ4n) is 3.96. The first-order valence-electron chi connectivity index (χ1n) is 10.3. The van der Waals surface area contributed by atoms with Crippen LogP contribution in [0, 0.1) is 0 Å². The van der Waals surface area contributed by atoms with Crippen molar-refractivity contribution in [2.24, 2.45) is 0 Å². The van der Waals surface area contributed by atoms with Gasteiger partial charge in [-0.15, -0.1) is 0 Å². The third-order valence-corrected chi connectivity index (χ3v) is 5.90. The molecule has 31 heavy (non-hydrogen) atoms. The lowest BCUT2D eigenvalue weighted by Gasteiger charge is -2.37. The second-order valence-electron chi connectivity index (χ2n) is 7.58. The lowest BCUT2D eigenvalue weighted by Crippen LogP contribution is -2.55. The molecule has 164 valence electrons. The first-order chi connectivity index (χ1) is 15.0. The molecule has 3 heterocycles. The smallest absolute Gasteiger partial charge is 0.290 e. The van der Waals surface area contributed by atoms with Crippen LogP contribution in [-0.2, 0) is 9.59 Å². The zero-order valence-electron chi connectivity index (χ0n) is 17.0. The average Bonchev–Trinajstić information content (AvgIpc) is 3.50. The van der Waals surface area contributed by atoms with Crippen LogP contribution in [0.1, 0.15) is 23.4 Å². The third kappa shape index (κ3) is 4.85. The number of hydrogen-bond acceptors (Lipinski definition) is 5. The molecular weight excluding hydrogens is 422 g/mol. The molecule has 2 fully saturated rings. The number of carbonyl (C=O) groups is 3. The van der Waals surface area contributed by atoms with Gasteiger partial charge in [0.1, 0.15) is 11.8 Å². The Kier molecular flexibility index (Phi) is 6.46. The quantitative estimate of drug-likeness (QED) is 0.705. The Balaban J connectivity index is 1.27. The van der Waals surface area contributed by atoms with Gasteiger partial charge in [0.05, 0.1) is 6.26 Å². The molecule has 2 aliphatic rings. The Bertz CT molecular complexity index is 923. The lowest BCUT2D eigenvalue weighted by atomic mass is 10.1. The summed E-state index contributed by atoms with van der Waals surface area (Å²) in [5.74, 6) is 0.374. The topological polar surface area (TPSA) is 83.3 Å². The minimum absolute atomic E-state index is 0.0658. The number of furan rings is 1. The van der Waals surface area contributed by atoms with E-state index in [9.17, 15) is 14.4 Å². The average molecular weight is 446 g/mol. The number of hydrogen-bond donors (Lipinski definition) is 0. The molecule has 1 aromatic heterocycles. The van der Waals surface area contributed by atoms with Gasteiger partial charge in [0.2, 0.25) is 5.91 Å². The van der Waals surface area contributed by atoms with Gasteiger partial charge in [-0.1, -0.05) is 11.6 Å². The molecule has 0 aliphatic carbocycles. The van der Waals surface area contributed by atoms with E-state index >= 15 is 0 Å². The van der Waals surface area contributed by atoms with E-state index in [1.54, 1.807) is 51.1 Å². The summed E-state index contributed by atoms with van der Waals surface area (Å²) in [6, 6.07) is 9.62. The highest BCUT2D eigenvalue weighted by atomic mass is 35.5. The molecular formula is C22H24ClN3O5. The number of likely N-dealkylation sites (tertiary alicyclic amines) is 1. The number of nitrogens with zero attached hydrogens (tertiary/aromatic N) is 3. The second kappa shape index (κ2) is 9.43. The highest BCUT2D eigenvalue weighted by Crippen LogP contribution is 2.23. The molecule has 0 bridgehead atoms. The number of carbonyl (C=O) groups excluding carboxylic acids is 3. The van der Waals surface area contributed by atoms with Gasteiger partial charge >= 0.3 is 0 Å². The van der Waals surface area contributed by atoms with Crippen molar-refractivity contribution in [2.75, 3.05) is 39.3 Å². The van der Waals surface area contributed by atoms with Crippen LogP contribution in [0.2, 0.25) is 5.02 Å². The first kappa shape index (κ1) is 21.2. The van der Waals surface area contributed by atoms with E-state index in [0.717, 1.165) is 6.42 Å². The molecule has 2 saturated heterocycles. The second-order valence-corrected chi connectivity index (χ2v) is 8.02. The molecule has 4 rings (SSSR count). The fourth-order valence-corrected chi connectivity index (χ4v) is 4.09. The van der Waals surface area contributed by atoms with Gasteiger partial charge in [-0.05, 0) is 49.2 Å². The first-order valence-corrected chi connectivity index (χ1v) is 10.7. The minimum Gasteiger partial charge on any atom is -0.484 e. The highest BCUT2D eigenvalue weighted by molar-refractivity contribution is 6.30. The van der Waals surface area contributed by atoms with E-state index in [1.807, 2.05) is 0 Å². The van der Waals surface area contributed by atoms with Crippen LogP contribution in [0.5, 0.6) is 5.75 Å². The predicted molar refractivity (Wildman–Crippen MR) is 113 cm³/mol. The molecule has 2 aromatic rings. The normalized spacial score (nSPS) is 18.9. The number of rotatable bonds is 5. The zero-order chi connectivity index (χ0) is 21.8. The number of piperazine rings is 1. The summed E-state index contributed by atoms with van der Waals surface area (Å²) in [5, 5.41) is 0.603. The lowest BCUT2D eigenvalue weighted by molar-refractivity contribution is -0.142. The van der Waals surface area contributed by atoms with Crippen molar-refractivity contribution in [1.82, 2.24) is 14.7 Å². The SMILES string of the molecule is O=C(COc1ccc(Cl)cc1)N1CCN(C(=O)[C@@H]2CCCN2C(=O)c2ccco2)CC1. The molecule has 0 N–H and O–H groups in total. The van der Waals surface area contributed by atoms with Crippen LogP contribution in [-0.4, -0.2) is 77.8 Å². The molecule has 1 aromatic carbocycles. The van der Waals surface area contributed by atoms with Gasteiger partial charge in [-0.25, -0.2) is 0 Å². The summed E-state index contributed by atoms with van der Waals surface area (Å²) >= 11 is 5.85. The highest BCUT2D eigenvalue weighted by Gasteiger charge is 2.38.